The van der Waals surface area contributed by atoms with Crippen molar-refractivity contribution in [1.82, 2.24) is 4.72 Å². The molecule has 1 aromatic heterocycles. The highest BCUT2D eigenvalue weighted by Crippen LogP contribution is 2.40. The molecule has 1 heterocycles. The standard InChI is InChI=1S/C25H26F3NO6S/c1-4-16-11-17(6-8-23(16)36(32,33)29-10-9-24(30)31)19-13-22(34-14-19)18-5-7-21(35-15(2)3)20(12-18)25(26,27)28/h5-8,11-15,29H,4,9-10H2,1-3H3,(H,30,31). The molecule has 2 N–H and O–H groups in total. The smallest absolute Gasteiger partial charge is 0.419 e. The van der Waals surface area contributed by atoms with Crippen LogP contribution in [-0.4, -0.2) is 32.1 Å². The van der Waals surface area contributed by atoms with E-state index in [1.165, 1.54) is 24.5 Å². The van der Waals surface area contributed by atoms with E-state index in [1.807, 2.05) is 0 Å². The lowest BCUT2D eigenvalue weighted by atomic mass is 10.0. The van der Waals surface area contributed by atoms with E-state index in [0.29, 0.717) is 23.1 Å². The first kappa shape index (κ1) is 27.3. The van der Waals surface area contributed by atoms with Crippen LogP contribution in [0.4, 0.5) is 13.2 Å². The van der Waals surface area contributed by atoms with E-state index in [9.17, 15) is 26.4 Å². The average Bonchev–Trinajstić information content (AvgIpc) is 3.27. The third kappa shape index (κ3) is 6.46. The molecule has 36 heavy (non-hydrogen) atoms. The Balaban J connectivity index is 1.92. The summed E-state index contributed by atoms with van der Waals surface area (Å²) in [6.07, 6.45) is -3.64. The number of aliphatic carboxylic acids is 1. The number of carbonyl (C=O) groups is 1. The van der Waals surface area contributed by atoms with E-state index in [1.54, 1.807) is 39.0 Å². The predicted octanol–water partition coefficient (Wildman–Crippen LogP) is 5.74. The minimum absolute atomic E-state index is 0.0263. The molecule has 2 aromatic carbocycles. The van der Waals surface area contributed by atoms with Crippen LogP contribution in [0.25, 0.3) is 22.5 Å². The summed E-state index contributed by atoms with van der Waals surface area (Å²) in [7, 11) is -3.92. The Kier molecular flexibility index (Phi) is 8.15. The number of benzene rings is 2. The number of furan rings is 1. The van der Waals surface area contributed by atoms with Gasteiger partial charge in [0.25, 0.3) is 0 Å². The van der Waals surface area contributed by atoms with Gasteiger partial charge in [-0.25, -0.2) is 13.1 Å². The Morgan fingerprint density at radius 1 is 1.08 bits per heavy atom. The molecule has 0 fully saturated rings. The number of rotatable bonds is 10. The predicted molar refractivity (Wildman–Crippen MR) is 127 cm³/mol. The molecule has 0 unspecified atom stereocenters. The van der Waals surface area contributed by atoms with Crippen LogP contribution in [0.1, 0.15) is 38.3 Å². The molecule has 0 amide bonds. The minimum atomic E-state index is -4.62. The van der Waals surface area contributed by atoms with Gasteiger partial charge in [-0.2, -0.15) is 13.2 Å². The van der Waals surface area contributed by atoms with Crippen LogP contribution in [-0.2, 0) is 27.4 Å². The average molecular weight is 526 g/mol. The molecule has 11 heteroatoms. The fourth-order valence-electron chi connectivity index (χ4n) is 3.57. The molecule has 194 valence electrons. The van der Waals surface area contributed by atoms with Crippen molar-refractivity contribution < 1.29 is 40.6 Å². The molecule has 0 bridgehead atoms. The highest BCUT2D eigenvalue weighted by atomic mass is 32.2. The SMILES string of the molecule is CCc1cc(-c2coc(-c3ccc(OC(C)C)c(C(F)(F)F)c3)c2)ccc1S(=O)(=O)NCCC(=O)O. The van der Waals surface area contributed by atoms with Gasteiger partial charge in [0.15, 0.2) is 0 Å². The van der Waals surface area contributed by atoms with Crippen LogP contribution in [0.15, 0.2) is 58.0 Å². The van der Waals surface area contributed by atoms with Gasteiger partial charge in [0, 0.05) is 17.7 Å². The van der Waals surface area contributed by atoms with Crippen molar-refractivity contribution in [3.05, 3.63) is 59.9 Å². The number of aryl methyl sites for hydroxylation is 1. The van der Waals surface area contributed by atoms with E-state index in [-0.39, 0.29) is 34.9 Å². The normalized spacial score (nSPS) is 12.2. The molecule has 0 spiro atoms. The maximum absolute atomic E-state index is 13.6. The lowest BCUT2D eigenvalue weighted by Crippen LogP contribution is -2.27. The van der Waals surface area contributed by atoms with Crippen molar-refractivity contribution in [1.29, 1.82) is 0 Å². The Morgan fingerprint density at radius 3 is 2.39 bits per heavy atom. The first-order chi connectivity index (χ1) is 16.8. The van der Waals surface area contributed by atoms with Gasteiger partial charge < -0.3 is 14.3 Å². The van der Waals surface area contributed by atoms with Gasteiger partial charge >= 0.3 is 12.1 Å². The number of halogens is 3. The maximum atomic E-state index is 13.6. The largest absolute Gasteiger partial charge is 0.490 e. The van der Waals surface area contributed by atoms with Gasteiger partial charge in [0.05, 0.1) is 29.2 Å². The van der Waals surface area contributed by atoms with Gasteiger partial charge in [-0.3, -0.25) is 4.79 Å². The second-order valence-corrected chi connectivity index (χ2v) is 10.0. The van der Waals surface area contributed by atoms with Crippen LogP contribution in [0.3, 0.4) is 0 Å². The van der Waals surface area contributed by atoms with E-state index in [4.69, 9.17) is 14.3 Å². The minimum Gasteiger partial charge on any atom is -0.490 e. The number of nitrogens with one attached hydrogen (secondary N) is 1. The number of sulfonamides is 1. The number of carboxylic acids is 1. The Hall–Kier alpha value is -3.31. The Bertz CT molecular complexity index is 1350. The third-order valence-electron chi connectivity index (χ3n) is 5.23. The number of alkyl halides is 3. The summed E-state index contributed by atoms with van der Waals surface area (Å²) in [4.78, 5) is 10.7. The number of ether oxygens (including phenoxy) is 1. The van der Waals surface area contributed by atoms with E-state index >= 15 is 0 Å². The lowest BCUT2D eigenvalue weighted by Gasteiger charge is -2.17. The first-order valence-electron chi connectivity index (χ1n) is 11.1. The molecule has 7 nitrogen and oxygen atoms in total. The summed E-state index contributed by atoms with van der Waals surface area (Å²) in [5, 5.41) is 8.73. The van der Waals surface area contributed by atoms with Gasteiger partial charge in [-0.1, -0.05) is 13.0 Å². The van der Waals surface area contributed by atoms with Gasteiger partial charge in [-0.05, 0) is 67.8 Å². The molecule has 0 aliphatic rings. The second-order valence-electron chi connectivity index (χ2n) is 8.29. The van der Waals surface area contributed by atoms with E-state index in [0.717, 1.165) is 6.07 Å². The molecule has 0 saturated heterocycles. The number of carboxylic acid groups (broad SMARTS) is 1. The lowest BCUT2D eigenvalue weighted by molar-refractivity contribution is -0.139. The van der Waals surface area contributed by atoms with Crippen molar-refractivity contribution in [3.8, 4) is 28.2 Å². The summed E-state index contributed by atoms with van der Waals surface area (Å²) in [6.45, 7) is 4.81. The van der Waals surface area contributed by atoms with Crippen molar-refractivity contribution in [2.24, 2.45) is 0 Å². The van der Waals surface area contributed by atoms with Crippen molar-refractivity contribution in [2.75, 3.05) is 6.54 Å². The van der Waals surface area contributed by atoms with E-state index in [2.05, 4.69) is 4.72 Å². The van der Waals surface area contributed by atoms with Gasteiger partial charge in [0.1, 0.15) is 11.5 Å². The number of hydrogen-bond donors (Lipinski definition) is 2. The molecular formula is C25H26F3NO6S. The maximum Gasteiger partial charge on any atom is 0.419 e. The Labute approximate surface area is 207 Å². The zero-order valence-corrected chi connectivity index (χ0v) is 20.7. The highest BCUT2D eigenvalue weighted by molar-refractivity contribution is 7.89. The quantitative estimate of drug-likeness (QED) is 0.350. The second kappa shape index (κ2) is 10.8. The van der Waals surface area contributed by atoms with Crippen LogP contribution in [0.5, 0.6) is 5.75 Å². The van der Waals surface area contributed by atoms with Crippen LogP contribution in [0.2, 0.25) is 0 Å². The zero-order valence-electron chi connectivity index (χ0n) is 19.8. The van der Waals surface area contributed by atoms with E-state index < -0.39 is 33.8 Å². The highest BCUT2D eigenvalue weighted by Gasteiger charge is 2.35. The summed E-state index contributed by atoms with van der Waals surface area (Å²) >= 11 is 0. The molecule has 0 saturated carbocycles. The third-order valence-corrected chi connectivity index (χ3v) is 6.79. The summed E-state index contributed by atoms with van der Waals surface area (Å²) in [5.74, 6) is -1.19. The first-order valence-corrected chi connectivity index (χ1v) is 12.6. The number of hydrogen-bond acceptors (Lipinski definition) is 5. The Morgan fingerprint density at radius 2 is 1.78 bits per heavy atom. The zero-order chi connectivity index (χ0) is 26.7. The van der Waals surface area contributed by atoms with Gasteiger partial charge in [-0.15, -0.1) is 0 Å². The fourth-order valence-corrected chi connectivity index (χ4v) is 4.89. The fraction of sp³-hybridized carbons (Fsp3) is 0.320. The molecule has 3 aromatic rings. The molecular weight excluding hydrogens is 499 g/mol. The van der Waals surface area contributed by atoms with Crippen molar-refractivity contribution >= 4 is 16.0 Å². The molecule has 0 atom stereocenters. The van der Waals surface area contributed by atoms with Crippen LogP contribution < -0.4 is 9.46 Å². The van der Waals surface area contributed by atoms with Crippen LogP contribution in [0, 0.1) is 0 Å². The van der Waals surface area contributed by atoms with Crippen LogP contribution >= 0.6 is 0 Å². The van der Waals surface area contributed by atoms with Gasteiger partial charge in [0.2, 0.25) is 10.0 Å². The topological polar surface area (TPSA) is 106 Å². The molecule has 0 aliphatic heterocycles. The summed E-state index contributed by atoms with van der Waals surface area (Å²) in [5.41, 5.74) is 0.959. The molecule has 0 radical (unpaired) electrons. The van der Waals surface area contributed by atoms with Crippen molar-refractivity contribution in [3.63, 3.8) is 0 Å². The monoisotopic (exact) mass is 525 g/mol. The summed E-state index contributed by atoms with van der Waals surface area (Å²) in [6, 6.07) is 9.89. The molecule has 0 aliphatic carbocycles. The molecule has 3 rings (SSSR count). The summed E-state index contributed by atoms with van der Waals surface area (Å²) < 4.78 is 79.2. The van der Waals surface area contributed by atoms with Crippen molar-refractivity contribution in [2.45, 2.75) is 50.8 Å².